The molecule has 6 rings (SSSR count). The van der Waals surface area contributed by atoms with Crippen molar-refractivity contribution in [2.45, 2.75) is 57.1 Å². The lowest BCUT2D eigenvalue weighted by Crippen LogP contribution is -2.49. The van der Waals surface area contributed by atoms with Gasteiger partial charge in [0, 0.05) is 57.2 Å². The zero-order valence-electron chi connectivity index (χ0n) is 29.7. The van der Waals surface area contributed by atoms with Gasteiger partial charge in [-0.1, -0.05) is 0 Å². The van der Waals surface area contributed by atoms with Crippen molar-refractivity contribution in [1.29, 1.82) is 5.26 Å². The molecule has 1 aromatic carbocycles. The van der Waals surface area contributed by atoms with E-state index in [4.69, 9.17) is 4.74 Å². The third-order valence-corrected chi connectivity index (χ3v) is 11.3. The molecule has 17 nitrogen and oxygen atoms in total. The van der Waals surface area contributed by atoms with E-state index in [1.807, 2.05) is 15.9 Å². The highest BCUT2D eigenvalue weighted by molar-refractivity contribution is 7.91. The topological polar surface area (TPSA) is 203 Å². The first-order valence-corrected chi connectivity index (χ1v) is 20.1. The first-order valence-electron chi connectivity index (χ1n) is 16.8. The molecule has 1 atom stereocenters. The molecule has 5 heterocycles. The Hall–Kier alpha value is -4.93. The molecule has 2 saturated heterocycles. The number of aryl methyl sites for hydroxylation is 1. The molecule has 0 spiro atoms. The van der Waals surface area contributed by atoms with Crippen LogP contribution in [-0.2, 0) is 31.2 Å². The molecule has 19 heteroatoms. The maximum atomic E-state index is 14.0. The highest BCUT2D eigenvalue weighted by Gasteiger charge is 2.34. The zero-order valence-corrected chi connectivity index (χ0v) is 31.3. The van der Waals surface area contributed by atoms with E-state index >= 15 is 0 Å². The van der Waals surface area contributed by atoms with Gasteiger partial charge in [0.15, 0.2) is 0 Å². The highest BCUT2D eigenvalue weighted by atomic mass is 32.2. The monoisotopic (exact) mass is 754 g/mol. The Kier molecular flexibility index (Phi) is 9.85. The van der Waals surface area contributed by atoms with Gasteiger partial charge in [-0.15, -0.1) is 0 Å². The number of benzene rings is 1. The van der Waals surface area contributed by atoms with Crippen molar-refractivity contribution in [3.05, 3.63) is 59.2 Å². The third kappa shape index (κ3) is 8.08. The summed E-state index contributed by atoms with van der Waals surface area (Å²) >= 11 is 0. The number of rotatable bonds is 8. The first-order chi connectivity index (χ1) is 24.4. The molecule has 2 amide bonds. The van der Waals surface area contributed by atoms with E-state index in [1.165, 1.54) is 26.1 Å². The highest BCUT2D eigenvalue weighted by Crippen LogP contribution is 2.34. The van der Waals surface area contributed by atoms with Crippen LogP contribution in [-0.4, -0.2) is 111 Å². The van der Waals surface area contributed by atoms with Gasteiger partial charge >= 0.3 is 6.09 Å². The molecule has 0 saturated carbocycles. The lowest BCUT2D eigenvalue weighted by atomic mass is 10.2. The lowest BCUT2D eigenvalue weighted by molar-refractivity contribution is 0.0508. The summed E-state index contributed by atoms with van der Waals surface area (Å²) in [6.07, 6.45) is 3.02. The van der Waals surface area contributed by atoms with Crippen molar-refractivity contribution in [2.24, 2.45) is 0 Å². The fraction of sp³-hybridized carbons (Fsp3) is 0.485. The largest absolute Gasteiger partial charge is 0.444 e. The van der Waals surface area contributed by atoms with E-state index in [1.54, 1.807) is 52.0 Å². The number of fused-ring (bicyclic) bond motifs is 1. The summed E-state index contributed by atoms with van der Waals surface area (Å²) in [6, 6.07) is 9.70. The van der Waals surface area contributed by atoms with Crippen LogP contribution in [0, 0.1) is 18.3 Å². The predicted molar refractivity (Wildman–Crippen MR) is 193 cm³/mol. The molecule has 52 heavy (non-hydrogen) atoms. The number of carbonyl (C=O) groups is 2. The van der Waals surface area contributed by atoms with Gasteiger partial charge in [-0.2, -0.15) is 9.57 Å². The number of alkyl carbamates (subject to hydrolysis) is 1. The molecule has 3 aliphatic heterocycles. The fourth-order valence-corrected chi connectivity index (χ4v) is 8.53. The normalized spacial score (nSPS) is 18.2. The van der Waals surface area contributed by atoms with Crippen LogP contribution in [0.3, 0.4) is 0 Å². The molecule has 0 aliphatic carbocycles. The minimum Gasteiger partial charge on any atom is -0.444 e. The molecule has 0 bridgehead atoms. The van der Waals surface area contributed by atoms with E-state index in [-0.39, 0.29) is 42.0 Å². The van der Waals surface area contributed by atoms with Crippen molar-refractivity contribution in [3.8, 4) is 6.07 Å². The Morgan fingerprint density at radius 2 is 1.71 bits per heavy atom. The standard InChI is InChI=1S/C33H42N10O7S2/c1-22-16-25(19-34)36-31(35-22)39-12-14-41(15-13-39)52(48,49)27-6-7-28-23(17-27)8-11-42(28)30(44)29-18-26(21-43(29)38-51(5,46)47)40-10-9-24(20-40)37-32(45)50-33(2,3)4/h6-7,16-18,21,24,38H,8-15,20H2,1-5H3,(H,37,45)/t24-/m1/s1. The number of nitriles is 1. The first kappa shape index (κ1) is 36.8. The minimum atomic E-state index is -3.87. The van der Waals surface area contributed by atoms with Gasteiger partial charge < -0.3 is 24.8 Å². The summed E-state index contributed by atoms with van der Waals surface area (Å²) in [5, 5.41) is 12.1. The Labute approximate surface area is 303 Å². The van der Waals surface area contributed by atoms with Crippen LogP contribution < -0.4 is 24.8 Å². The number of sulfonamides is 2. The number of amides is 2. The van der Waals surface area contributed by atoms with Crippen molar-refractivity contribution < 1.29 is 31.2 Å². The van der Waals surface area contributed by atoms with Crippen molar-refractivity contribution in [1.82, 2.24) is 24.3 Å². The number of nitrogens with zero attached hydrogens (tertiary/aromatic N) is 8. The number of hydrogen-bond acceptors (Lipinski definition) is 12. The zero-order chi connectivity index (χ0) is 37.6. The third-order valence-electron chi connectivity index (χ3n) is 8.87. The molecular formula is C33H42N10O7S2. The van der Waals surface area contributed by atoms with Gasteiger partial charge in [0.05, 0.1) is 29.1 Å². The van der Waals surface area contributed by atoms with Crippen LogP contribution in [0.1, 0.15) is 54.6 Å². The molecule has 2 N–H and O–H groups in total. The number of hydrogen-bond donors (Lipinski definition) is 2. The smallest absolute Gasteiger partial charge is 0.407 e. The van der Waals surface area contributed by atoms with Crippen molar-refractivity contribution in [3.63, 3.8) is 0 Å². The van der Waals surface area contributed by atoms with Gasteiger partial charge in [0.1, 0.15) is 23.1 Å². The number of piperazine rings is 1. The van der Waals surface area contributed by atoms with E-state index in [0.717, 1.165) is 6.26 Å². The maximum Gasteiger partial charge on any atom is 0.407 e. The maximum absolute atomic E-state index is 14.0. The van der Waals surface area contributed by atoms with Gasteiger partial charge in [-0.25, -0.2) is 41.1 Å². The lowest BCUT2D eigenvalue weighted by Gasteiger charge is -2.34. The molecule has 0 unspecified atom stereocenters. The van der Waals surface area contributed by atoms with E-state index in [0.29, 0.717) is 67.6 Å². The number of carbonyl (C=O) groups excluding carboxylic acids is 2. The van der Waals surface area contributed by atoms with Gasteiger partial charge in [0.2, 0.25) is 26.0 Å². The summed E-state index contributed by atoms with van der Waals surface area (Å²) in [7, 11) is -7.64. The number of ether oxygens (including phenoxy) is 1. The van der Waals surface area contributed by atoms with E-state index in [2.05, 4.69) is 20.1 Å². The number of anilines is 3. The average molecular weight is 755 g/mol. The van der Waals surface area contributed by atoms with E-state index < -0.39 is 37.6 Å². The summed E-state index contributed by atoms with van der Waals surface area (Å²) < 4.78 is 60.0. The Morgan fingerprint density at radius 3 is 2.38 bits per heavy atom. The summed E-state index contributed by atoms with van der Waals surface area (Å²) in [6.45, 7) is 9.46. The van der Waals surface area contributed by atoms with Crippen LogP contribution >= 0.6 is 0 Å². The van der Waals surface area contributed by atoms with Crippen LogP contribution in [0.15, 0.2) is 41.4 Å². The SMILES string of the molecule is Cc1cc(C#N)nc(N2CCN(S(=O)(=O)c3ccc4c(c3)CCN4C(=O)c3cc(N4CC[C@@H](NC(=O)OC(C)(C)C)C4)cn3NS(C)(=O)=O)CC2)n1. The summed E-state index contributed by atoms with van der Waals surface area (Å²) in [5.41, 5.74) is 2.13. The van der Waals surface area contributed by atoms with Crippen LogP contribution in [0.25, 0.3) is 0 Å². The van der Waals surface area contributed by atoms with Gasteiger partial charge in [-0.3, -0.25) is 4.79 Å². The Bertz CT molecular complexity index is 2150. The van der Waals surface area contributed by atoms with Crippen molar-refractivity contribution in [2.75, 3.05) is 71.6 Å². The van der Waals surface area contributed by atoms with E-state index in [9.17, 15) is 31.7 Å². The predicted octanol–water partition coefficient (Wildman–Crippen LogP) is 1.78. The van der Waals surface area contributed by atoms with Gasteiger partial charge in [0.25, 0.3) is 5.91 Å². The second kappa shape index (κ2) is 13.9. The number of nitrogens with one attached hydrogen (secondary N) is 2. The second-order valence-corrected chi connectivity index (χ2v) is 17.8. The van der Waals surface area contributed by atoms with Crippen LogP contribution in [0.2, 0.25) is 0 Å². The summed E-state index contributed by atoms with van der Waals surface area (Å²) in [5.74, 6) is -0.0749. The second-order valence-electron chi connectivity index (χ2n) is 14.1. The molecule has 3 aromatic rings. The average Bonchev–Trinajstić information content (AvgIpc) is 3.81. The fourth-order valence-electron chi connectivity index (χ4n) is 6.54. The van der Waals surface area contributed by atoms with Crippen molar-refractivity contribution >= 4 is 49.4 Å². The Balaban J connectivity index is 1.16. The Morgan fingerprint density at radius 1 is 0.981 bits per heavy atom. The molecule has 3 aliphatic rings. The quantitative estimate of drug-likeness (QED) is 0.338. The molecule has 2 aromatic heterocycles. The molecular weight excluding hydrogens is 713 g/mol. The molecule has 0 radical (unpaired) electrons. The number of aromatic nitrogens is 3. The summed E-state index contributed by atoms with van der Waals surface area (Å²) in [4.78, 5) is 42.9. The van der Waals surface area contributed by atoms with Crippen LogP contribution in [0.4, 0.5) is 22.1 Å². The van der Waals surface area contributed by atoms with Crippen LogP contribution in [0.5, 0.6) is 0 Å². The van der Waals surface area contributed by atoms with Gasteiger partial charge in [-0.05, 0) is 76.4 Å². The minimum absolute atomic E-state index is 0.0749. The molecule has 278 valence electrons. The molecule has 2 fully saturated rings.